The van der Waals surface area contributed by atoms with Crippen LogP contribution in [0.4, 0.5) is 0 Å². The lowest BCUT2D eigenvalue weighted by Gasteiger charge is -2.04. The summed E-state index contributed by atoms with van der Waals surface area (Å²) >= 11 is 1.84. The van der Waals surface area contributed by atoms with Gasteiger partial charge in [0.2, 0.25) is 0 Å². The van der Waals surface area contributed by atoms with Crippen molar-refractivity contribution in [3.05, 3.63) is 72.1 Å². The molecule has 2 heteroatoms. The maximum atomic E-state index is 3.70. The molecule has 0 amide bonds. The Bertz CT molecular complexity index is 1400. The summed E-state index contributed by atoms with van der Waals surface area (Å²) in [4.78, 5) is 3.70. The fraction of sp³-hybridized carbons (Fsp3) is 0. The first-order chi connectivity index (χ1) is 11.9. The molecule has 2 aromatic heterocycles. The maximum absolute atomic E-state index is 3.70. The number of aromatic amines is 1. The molecule has 6 aromatic rings. The predicted octanol–water partition coefficient (Wildman–Crippen LogP) is 6.84. The average Bonchev–Trinajstić information content (AvgIpc) is 3.26. The molecule has 1 N–H and O–H groups in total. The zero-order valence-electron chi connectivity index (χ0n) is 12.8. The normalized spacial score (nSPS) is 12.2. The second-order valence-corrected chi connectivity index (χ2v) is 7.21. The van der Waals surface area contributed by atoms with Crippen molar-refractivity contribution in [1.82, 2.24) is 4.98 Å². The van der Waals surface area contributed by atoms with Crippen molar-refractivity contribution in [2.24, 2.45) is 0 Å². The van der Waals surface area contributed by atoms with E-state index in [1.54, 1.807) is 0 Å². The lowest BCUT2D eigenvalue weighted by atomic mass is 9.99. The molecule has 0 radical (unpaired) electrons. The second-order valence-electron chi connectivity index (χ2n) is 6.29. The molecule has 0 spiro atoms. The smallest absolute Gasteiger partial charge is 0.0559 e. The van der Waals surface area contributed by atoms with Crippen molar-refractivity contribution in [3.8, 4) is 0 Å². The molecule has 0 atom stereocenters. The van der Waals surface area contributed by atoms with Gasteiger partial charge in [-0.05, 0) is 33.7 Å². The summed E-state index contributed by atoms with van der Waals surface area (Å²) in [5.41, 5.74) is 2.47. The molecule has 0 aliphatic carbocycles. The second kappa shape index (κ2) is 4.37. The number of benzene rings is 4. The monoisotopic (exact) mass is 323 g/mol. The lowest BCUT2D eigenvalue weighted by Crippen LogP contribution is -1.77. The highest BCUT2D eigenvalue weighted by Crippen LogP contribution is 2.43. The van der Waals surface area contributed by atoms with E-state index in [2.05, 4.69) is 77.1 Å². The van der Waals surface area contributed by atoms with Crippen LogP contribution in [0.1, 0.15) is 0 Å². The number of aromatic nitrogens is 1. The van der Waals surface area contributed by atoms with Gasteiger partial charge in [0.25, 0.3) is 0 Å². The zero-order valence-corrected chi connectivity index (χ0v) is 13.7. The molecule has 1 nitrogen and oxygen atoms in total. The van der Waals surface area contributed by atoms with Crippen molar-refractivity contribution in [2.75, 3.05) is 0 Å². The average molecular weight is 323 g/mol. The van der Waals surface area contributed by atoms with Crippen molar-refractivity contribution < 1.29 is 0 Å². The van der Waals surface area contributed by atoms with Crippen molar-refractivity contribution in [2.45, 2.75) is 0 Å². The van der Waals surface area contributed by atoms with Gasteiger partial charge in [-0.2, -0.15) is 0 Å². The first kappa shape index (κ1) is 12.6. The van der Waals surface area contributed by atoms with Gasteiger partial charge in [-0.1, -0.05) is 54.6 Å². The van der Waals surface area contributed by atoms with Crippen molar-refractivity contribution in [1.29, 1.82) is 0 Å². The Labute approximate surface area is 142 Å². The largest absolute Gasteiger partial charge is 0.354 e. The van der Waals surface area contributed by atoms with E-state index in [0.717, 1.165) is 0 Å². The van der Waals surface area contributed by atoms with Crippen LogP contribution in [0.3, 0.4) is 0 Å². The SMILES string of the molecule is c1ccc2c(c1)ccc1[nH]c3c4ccccc4c4ccsc4c3c12. The lowest BCUT2D eigenvalue weighted by molar-refractivity contribution is 1.57. The molecule has 0 saturated heterocycles. The van der Waals surface area contributed by atoms with E-state index in [9.17, 15) is 0 Å². The first-order valence-electron chi connectivity index (χ1n) is 8.13. The summed E-state index contributed by atoms with van der Waals surface area (Å²) in [7, 11) is 0. The molecule has 0 fully saturated rings. The molecular weight excluding hydrogens is 310 g/mol. The molecule has 0 unspecified atom stereocenters. The fourth-order valence-corrected chi connectivity index (χ4v) is 5.01. The standard InChI is InChI=1S/C22H13NS/c1-2-6-14-13(5-1)9-10-18-19(14)20-21(23-18)16-8-4-3-7-15(16)17-11-12-24-22(17)20/h1-12,23H. The third-order valence-corrected chi connectivity index (χ3v) is 6.00. The Kier molecular flexibility index (Phi) is 2.29. The minimum atomic E-state index is 1.22. The molecule has 6 rings (SSSR count). The Morgan fingerprint density at radius 2 is 1.42 bits per heavy atom. The summed E-state index contributed by atoms with van der Waals surface area (Å²) in [6.45, 7) is 0. The van der Waals surface area contributed by atoms with Crippen LogP contribution in [0, 0.1) is 0 Å². The molecule has 0 aliphatic heterocycles. The summed E-state index contributed by atoms with van der Waals surface area (Å²) in [5.74, 6) is 0. The minimum Gasteiger partial charge on any atom is -0.354 e. The van der Waals surface area contributed by atoms with Gasteiger partial charge in [0.15, 0.2) is 0 Å². The van der Waals surface area contributed by atoms with E-state index in [4.69, 9.17) is 0 Å². The van der Waals surface area contributed by atoms with Crippen LogP contribution in [0.2, 0.25) is 0 Å². The first-order valence-corrected chi connectivity index (χ1v) is 9.01. The number of thiophene rings is 1. The van der Waals surface area contributed by atoms with Gasteiger partial charge in [0.1, 0.15) is 0 Å². The Balaban J connectivity index is 2.06. The highest BCUT2D eigenvalue weighted by atomic mass is 32.1. The van der Waals surface area contributed by atoms with E-state index in [0.29, 0.717) is 0 Å². The summed E-state index contributed by atoms with van der Waals surface area (Å²) in [5, 5.41) is 11.5. The van der Waals surface area contributed by atoms with Gasteiger partial charge in [-0.15, -0.1) is 11.3 Å². The van der Waals surface area contributed by atoms with E-state index in [-0.39, 0.29) is 0 Å². The highest BCUT2D eigenvalue weighted by molar-refractivity contribution is 7.18. The van der Waals surface area contributed by atoms with Crippen LogP contribution in [0.5, 0.6) is 0 Å². The van der Waals surface area contributed by atoms with E-state index < -0.39 is 0 Å². The van der Waals surface area contributed by atoms with Crippen LogP contribution in [-0.2, 0) is 0 Å². The summed E-state index contributed by atoms with van der Waals surface area (Å²) in [6.07, 6.45) is 0. The number of nitrogens with one attached hydrogen (secondary N) is 1. The molecule has 0 saturated carbocycles. The number of hydrogen-bond acceptors (Lipinski definition) is 1. The number of hydrogen-bond donors (Lipinski definition) is 1. The fourth-order valence-electron chi connectivity index (χ4n) is 4.05. The topological polar surface area (TPSA) is 15.8 Å². The van der Waals surface area contributed by atoms with Crippen LogP contribution in [-0.4, -0.2) is 4.98 Å². The summed E-state index contributed by atoms with van der Waals surface area (Å²) < 4.78 is 1.38. The van der Waals surface area contributed by atoms with Gasteiger partial charge in [-0.3, -0.25) is 0 Å². The number of H-pyrrole nitrogens is 1. The quantitative estimate of drug-likeness (QED) is 0.315. The molecule has 24 heavy (non-hydrogen) atoms. The van der Waals surface area contributed by atoms with Crippen LogP contribution >= 0.6 is 11.3 Å². The van der Waals surface area contributed by atoms with Crippen LogP contribution in [0.15, 0.2) is 72.1 Å². The molecule has 0 bridgehead atoms. The van der Waals surface area contributed by atoms with Crippen LogP contribution in [0.25, 0.3) is 53.4 Å². The molecule has 2 heterocycles. The minimum absolute atomic E-state index is 1.22. The van der Waals surface area contributed by atoms with Gasteiger partial charge in [0.05, 0.1) is 5.52 Å². The van der Waals surface area contributed by atoms with Crippen molar-refractivity contribution >= 4 is 64.8 Å². The van der Waals surface area contributed by atoms with E-state index >= 15 is 0 Å². The highest BCUT2D eigenvalue weighted by Gasteiger charge is 2.15. The van der Waals surface area contributed by atoms with E-state index in [1.807, 2.05) is 11.3 Å². The third kappa shape index (κ3) is 1.44. The Morgan fingerprint density at radius 1 is 0.625 bits per heavy atom. The van der Waals surface area contributed by atoms with Gasteiger partial charge >= 0.3 is 0 Å². The van der Waals surface area contributed by atoms with Crippen LogP contribution < -0.4 is 0 Å². The van der Waals surface area contributed by atoms with E-state index in [1.165, 1.54) is 53.4 Å². The zero-order chi connectivity index (χ0) is 15.7. The van der Waals surface area contributed by atoms with Gasteiger partial charge < -0.3 is 4.98 Å². The molecule has 0 aliphatic rings. The Hall–Kier alpha value is -2.84. The van der Waals surface area contributed by atoms with Gasteiger partial charge in [-0.25, -0.2) is 0 Å². The molecule has 4 aromatic carbocycles. The Morgan fingerprint density at radius 3 is 2.33 bits per heavy atom. The summed E-state index contributed by atoms with van der Waals surface area (Å²) in [6, 6.07) is 24.1. The third-order valence-electron chi connectivity index (χ3n) is 5.07. The maximum Gasteiger partial charge on any atom is 0.0559 e. The number of rotatable bonds is 0. The predicted molar refractivity (Wildman–Crippen MR) is 106 cm³/mol. The molecule has 112 valence electrons. The number of fused-ring (bicyclic) bond motifs is 10. The molecular formula is C22H13NS. The van der Waals surface area contributed by atoms with Gasteiger partial charge in [0, 0.05) is 31.8 Å². The van der Waals surface area contributed by atoms with Crippen molar-refractivity contribution in [3.63, 3.8) is 0 Å².